The monoisotopic (exact) mass is 397 g/mol. The number of fused-ring (bicyclic) bond motifs is 1. The number of aliphatic hydroxyl groups is 2. The van der Waals surface area contributed by atoms with Gasteiger partial charge in [0, 0.05) is 44.5 Å². The Hall–Kier alpha value is -1.85. The second-order valence-electron chi connectivity index (χ2n) is 7.20. The lowest BCUT2D eigenvalue weighted by Crippen LogP contribution is -2.40. The third-order valence-corrected chi connectivity index (χ3v) is 5.06. The standard InChI is InChI=1S/C18H27N3O7/c22-14(5-8-20-15(23)3-4-16(20)24)19-7-10-27-9-6-18(26)28-21-13-11-12(13)1-2-17(21)25/h3-4,12-14,18-19,22,26H,1-2,5-11H2. The van der Waals surface area contributed by atoms with E-state index in [2.05, 4.69) is 5.32 Å². The first kappa shape index (κ1) is 20.9. The molecule has 4 atom stereocenters. The van der Waals surface area contributed by atoms with Gasteiger partial charge in [0.1, 0.15) is 6.23 Å². The predicted octanol–water partition coefficient (Wildman–Crippen LogP) is -1.12. The van der Waals surface area contributed by atoms with Gasteiger partial charge in [-0.3, -0.25) is 24.6 Å². The normalized spacial score (nSPS) is 26.0. The topological polar surface area (TPSA) is 129 Å². The van der Waals surface area contributed by atoms with Gasteiger partial charge in [0.2, 0.25) is 5.91 Å². The number of aliphatic hydroxyl groups excluding tert-OH is 2. The lowest BCUT2D eigenvalue weighted by atomic mass is 10.1. The molecule has 1 aliphatic carbocycles. The molecule has 2 aliphatic heterocycles. The van der Waals surface area contributed by atoms with Gasteiger partial charge in [-0.1, -0.05) is 0 Å². The van der Waals surface area contributed by atoms with Gasteiger partial charge in [0.25, 0.3) is 11.8 Å². The van der Waals surface area contributed by atoms with E-state index < -0.39 is 12.5 Å². The number of piperidine rings is 1. The Kier molecular flexibility index (Phi) is 7.13. The SMILES string of the molecule is O=C1C=CC(=O)N1CCC(O)NCCOCCC(O)ON1C(=O)CCC2CC21. The molecular formula is C18H27N3O7. The van der Waals surface area contributed by atoms with Crippen LogP contribution < -0.4 is 5.32 Å². The van der Waals surface area contributed by atoms with E-state index in [4.69, 9.17) is 9.57 Å². The highest BCUT2D eigenvalue weighted by Crippen LogP contribution is 2.43. The molecule has 0 spiro atoms. The minimum atomic E-state index is -1.09. The summed E-state index contributed by atoms with van der Waals surface area (Å²) >= 11 is 0. The fourth-order valence-corrected chi connectivity index (χ4v) is 3.34. The second-order valence-corrected chi connectivity index (χ2v) is 7.20. The van der Waals surface area contributed by atoms with Crippen LogP contribution in [0.2, 0.25) is 0 Å². The van der Waals surface area contributed by atoms with Crippen molar-refractivity contribution in [2.24, 2.45) is 5.92 Å². The van der Waals surface area contributed by atoms with Gasteiger partial charge in [-0.2, -0.15) is 0 Å². The average molecular weight is 397 g/mol. The molecule has 0 aromatic heterocycles. The molecule has 4 unspecified atom stereocenters. The zero-order valence-electron chi connectivity index (χ0n) is 15.7. The van der Waals surface area contributed by atoms with Crippen LogP contribution in [0.5, 0.6) is 0 Å². The summed E-state index contributed by atoms with van der Waals surface area (Å²) in [4.78, 5) is 41.0. The van der Waals surface area contributed by atoms with Gasteiger partial charge in [0.15, 0.2) is 6.29 Å². The van der Waals surface area contributed by atoms with Crippen molar-refractivity contribution >= 4 is 17.7 Å². The van der Waals surface area contributed by atoms with E-state index in [9.17, 15) is 24.6 Å². The molecule has 2 fully saturated rings. The molecule has 0 aromatic rings. The third kappa shape index (κ3) is 5.58. The molecule has 3 N–H and O–H groups in total. The molecule has 0 radical (unpaired) electrons. The molecule has 156 valence electrons. The van der Waals surface area contributed by atoms with Crippen molar-refractivity contribution in [1.82, 2.24) is 15.3 Å². The summed E-state index contributed by atoms with van der Waals surface area (Å²) in [7, 11) is 0. The number of rotatable bonds is 12. The molecule has 10 heteroatoms. The lowest BCUT2D eigenvalue weighted by Gasteiger charge is -2.27. The average Bonchev–Trinajstić information content (AvgIpc) is 3.38. The summed E-state index contributed by atoms with van der Waals surface area (Å²) in [6, 6.07) is 0.115. The highest BCUT2D eigenvalue weighted by molar-refractivity contribution is 6.12. The van der Waals surface area contributed by atoms with Crippen molar-refractivity contribution in [3.8, 4) is 0 Å². The van der Waals surface area contributed by atoms with Gasteiger partial charge >= 0.3 is 0 Å². The van der Waals surface area contributed by atoms with Crippen molar-refractivity contribution in [2.45, 2.75) is 50.7 Å². The lowest BCUT2D eigenvalue weighted by molar-refractivity contribution is -0.267. The zero-order chi connectivity index (χ0) is 20.1. The van der Waals surface area contributed by atoms with E-state index >= 15 is 0 Å². The number of amides is 3. The Bertz CT molecular complexity index is 608. The van der Waals surface area contributed by atoms with Crippen LogP contribution in [0, 0.1) is 5.92 Å². The number of hydrogen-bond acceptors (Lipinski definition) is 8. The van der Waals surface area contributed by atoms with Crippen molar-refractivity contribution in [3.63, 3.8) is 0 Å². The van der Waals surface area contributed by atoms with Crippen LogP contribution in [0.15, 0.2) is 12.2 Å². The Morgan fingerprint density at radius 3 is 2.64 bits per heavy atom. The van der Waals surface area contributed by atoms with Crippen LogP contribution in [-0.2, 0) is 24.0 Å². The van der Waals surface area contributed by atoms with Crippen molar-refractivity contribution in [1.29, 1.82) is 0 Å². The maximum absolute atomic E-state index is 11.8. The summed E-state index contributed by atoms with van der Waals surface area (Å²) in [5, 5.41) is 23.9. The van der Waals surface area contributed by atoms with Crippen molar-refractivity contribution in [3.05, 3.63) is 12.2 Å². The largest absolute Gasteiger partial charge is 0.380 e. The van der Waals surface area contributed by atoms with Gasteiger partial charge < -0.3 is 14.9 Å². The number of nitrogens with one attached hydrogen (secondary N) is 1. The van der Waals surface area contributed by atoms with Crippen LogP contribution in [0.1, 0.15) is 32.1 Å². The number of hydrogen-bond donors (Lipinski definition) is 3. The summed E-state index contributed by atoms with van der Waals surface area (Å²) < 4.78 is 5.37. The van der Waals surface area contributed by atoms with Crippen molar-refractivity contribution < 1.29 is 34.2 Å². The molecule has 3 amide bonds. The van der Waals surface area contributed by atoms with Crippen LogP contribution >= 0.6 is 0 Å². The Balaban J connectivity index is 1.19. The number of carbonyl (C=O) groups excluding carboxylic acids is 3. The third-order valence-electron chi connectivity index (χ3n) is 5.06. The molecule has 3 aliphatic rings. The van der Waals surface area contributed by atoms with Crippen molar-refractivity contribution in [2.75, 3.05) is 26.3 Å². The maximum Gasteiger partial charge on any atom is 0.253 e. The first-order chi connectivity index (χ1) is 13.5. The first-order valence-corrected chi connectivity index (χ1v) is 9.65. The van der Waals surface area contributed by atoms with E-state index in [1.807, 2.05) is 0 Å². The number of imide groups is 1. The molecule has 3 rings (SSSR count). The summed E-state index contributed by atoms with van der Waals surface area (Å²) in [5.74, 6) is -0.309. The van der Waals surface area contributed by atoms with Crippen LogP contribution in [0.25, 0.3) is 0 Å². The van der Waals surface area contributed by atoms with Crippen LogP contribution in [-0.4, -0.2) is 82.8 Å². The minimum Gasteiger partial charge on any atom is -0.380 e. The Morgan fingerprint density at radius 2 is 1.89 bits per heavy atom. The van der Waals surface area contributed by atoms with Gasteiger partial charge in [-0.05, 0) is 18.8 Å². The molecule has 2 heterocycles. The summed E-state index contributed by atoms with van der Waals surface area (Å²) in [6.07, 6.45) is 3.23. The highest BCUT2D eigenvalue weighted by Gasteiger charge is 2.49. The van der Waals surface area contributed by atoms with Gasteiger partial charge in [0.05, 0.1) is 19.3 Å². The second kappa shape index (κ2) is 9.57. The molecular weight excluding hydrogens is 370 g/mol. The van der Waals surface area contributed by atoms with E-state index in [-0.39, 0.29) is 49.8 Å². The summed E-state index contributed by atoms with van der Waals surface area (Å²) in [5.41, 5.74) is 0. The number of nitrogens with zero attached hydrogens (tertiary/aromatic N) is 2. The van der Waals surface area contributed by atoms with E-state index in [1.165, 1.54) is 17.2 Å². The molecule has 10 nitrogen and oxygen atoms in total. The highest BCUT2D eigenvalue weighted by atomic mass is 16.8. The molecule has 1 saturated carbocycles. The first-order valence-electron chi connectivity index (χ1n) is 9.65. The zero-order valence-corrected chi connectivity index (χ0v) is 15.7. The smallest absolute Gasteiger partial charge is 0.253 e. The van der Waals surface area contributed by atoms with Crippen LogP contribution in [0.3, 0.4) is 0 Å². The quantitative estimate of drug-likeness (QED) is 0.215. The minimum absolute atomic E-state index is 0.0787. The Morgan fingerprint density at radius 1 is 1.14 bits per heavy atom. The number of hydroxylamine groups is 2. The molecule has 28 heavy (non-hydrogen) atoms. The number of ether oxygens (including phenoxy) is 1. The van der Waals surface area contributed by atoms with Gasteiger partial charge in [-0.25, -0.2) is 9.90 Å². The van der Waals surface area contributed by atoms with Crippen LogP contribution in [0.4, 0.5) is 0 Å². The fraction of sp³-hybridized carbons (Fsp3) is 0.722. The van der Waals surface area contributed by atoms with E-state index in [0.29, 0.717) is 25.5 Å². The fourth-order valence-electron chi connectivity index (χ4n) is 3.34. The maximum atomic E-state index is 11.8. The van der Waals surface area contributed by atoms with Gasteiger partial charge in [-0.15, -0.1) is 0 Å². The van der Waals surface area contributed by atoms with E-state index in [1.54, 1.807) is 0 Å². The summed E-state index contributed by atoms with van der Waals surface area (Å²) in [6.45, 7) is 1.06. The number of carbonyl (C=O) groups is 3. The molecule has 0 aromatic carbocycles. The van der Waals surface area contributed by atoms with E-state index in [0.717, 1.165) is 17.7 Å². The Labute approximate surface area is 163 Å². The predicted molar refractivity (Wildman–Crippen MR) is 95.0 cm³/mol. The molecule has 1 saturated heterocycles. The molecule has 0 bridgehead atoms.